The third-order valence-corrected chi connectivity index (χ3v) is 6.12. The number of hydrogen-bond acceptors (Lipinski definition) is 4. The molecule has 2 heterocycles. The van der Waals surface area contributed by atoms with Crippen LogP contribution < -0.4 is 4.74 Å². The first kappa shape index (κ1) is 20.9. The quantitative estimate of drug-likeness (QED) is 0.435. The summed E-state index contributed by atoms with van der Waals surface area (Å²) in [7, 11) is 1.66. The highest BCUT2D eigenvalue weighted by Crippen LogP contribution is 2.32. The molecular weight excluding hydrogens is 410 g/mol. The average Bonchev–Trinajstić information content (AvgIpc) is 2.88. The maximum Gasteiger partial charge on any atom is 0.254 e. The first-order valence-electron chi connectivity index (χ1n) is 11.1. The van der Waals surface area contributed by atoms with Gasteiger partial charge in [0, 0.05) is 41.8 Å². The van der Waals surface area contributed by atoms with Crippen LogP contribution in [0, 0.1) is 6.92 Å². The molecule has 0 unspecified atom stereocenters. The molecule has 1 aliphatic heterocycles. The molecule has 5 rings (SSSR count). The van der Waals surface area contributed by atoms with E-state index in [-0.39, 0.29) is 5.91 Å². The van der Waals surface area contributed by atoms with E-state index in [1.54, 1.807) is 7.11 Å². The van der Waals surface area contributed by atoms with Crippen LogP contribution in [0.1, 0.15) is 27.2 Å². The number of fused-ring (bicyclic) bond motifs is 1. The summed E-state index contributed by atoms with van der Waals surface area (Å²) in [5.74, 6) is 1.55. The van der Waals surface area contributed by atoms with Crippen LogP contribution in [0.3, 0.4) is 0 Å². The molecule has 5 nitrogen and oxygen atoms in total. The highest BCUT2D eigenvalue weighted by Gasteiger charge is 2.27. The zero-order valence-corrected chi connectivity index (χ0v) is 18.8. The first-order valence-corrected chi connectivity index (χ1v) is 11.1. The fraction of sp³-hybridized carbons (Fsp3) is 0.179. The molecule has 5 heteroatoms. The molecule has 3 aromatic carbocycles. The molecule has 0 N–H and O–H groups in total. The Balaban J connectivity index is 1.58. The number of methoxy groups -OCH3 is 1. The van der Waals surface area contributed by atoms with Gasteiger partial charge in [-0.3, -0.25) is 4.79 Å². The number of benzene rings is 3. The maximum absolute atomic E-state index is 13.3. The smallest absolute Gasteiger partial charge is 0.254 e. The summed E-state index contributed by atoms with van der Waals surface area (Å²) < 4.78 is 5.33. The Bertz CT molecular complexity index is 1300. The predicted molar refractivity (Wildman–Crippen MR) is 129 cm³/mol. The van der Waals surface area contributed by atoms with Crippen LogP contribution in [0.2, 0.25) is 0 Å². The second kappa shape index (κ2) is 8.87. The van der Waals surface area contributed by atoms with Gasteiger partial charge in [0.05, 0.1) is 18.5 Å². The van der Waals surface area contributed by atoms with Gasteiger partial charge in [-0.2, -0.15) is 0 Å². The Morgan fingerprint density at radius 1 is 0.879 bits per heavy atom. The molecular formula is C28H25N3O2. The lowest BCUT2D eigenvalue weighted by Gasteiger charge is -2.30. The number of carbonyl (C=O) groups excluding carboxylic acids is 1. The lowest BCUT2D eigenvalue weighted by Crippen LogP contribution is -2.37. The van der Waals surface area contributed by atoms with Crippen molar-refractivity contribution in [2.75, 3.05) is 13.7 Å². The van der Waals surface area contributed by atoms with E-state index in [1.807, 2.05) is 90.7 Å². The van der Waals surface area contributed by atoms with Crippen molar-refractivity contribution < 1.29 is 9.53 Å². The molecule has 0 bridgehead atoms. The van der Waals surface area contributed by atoms with E-state index in [0.717, 1.165) is 45.0 Å². The monoisotopic (exact) mass is 435 g/mol. The standard InChI is InChI=1S/C28H25N3O2/c1-19-8-6-7-11-23(19)28(32)31-17-16-25-24(18-31)26(20-12-14-22(33-2)15-13-20)30-27(29-25)21-9-4-3-5-10-21/h3-15H,16-18H2,1-2H3. The Morgan fingerprint density at radius 2 is 1.61 bits per heavy atom. The molecule has 0 spiro atoms. The second-order valence-corrected chi connectivity index (χ2v) is 8.21. The molecule has 1 aromatic heterocycles. The summed E-state index contributed by atoms with van der Waals surface area (Å²) in [6, 6.07) is 25.7. The summed E-state index contributed by atoms with van der Waals surface area (Å²) in [6.45, 7) is 3.09. The first-order chi connectivity index (χ1) is 16.1. The Labute approximate surface area is 193 Å². The van der Waals surface area contributed by atoms with Crippen LogP contribution in [0.25, 0.3) is 22.6 Å². The minimum atomic E-state index is 0.0477. The molecule has 0 aliphatic carbocycles. The van der Waals surface area contributed by atoms with Crippen molar-refractivity contribution in [3.05, 3.63) is 101 Å². The van der Waals surface area contributed by atoms with Gasteiger partial charge in [0.2, 0.25) is 0 Å². The van der Waals surface area contributed by atoms with E-state index in [9.17, 15) is 4.79 Å². The minimum absolute atomic E-state index is 0.0477. The number of ether oxygens (including phenoxy) is 1. The Morgan fingerprint density at radius 3 is 2.33 bits per heavy atom. The normalized spacial score (nSPS) is 12.8. The van der Waals surface area contributed by atoms with E-state index in [1.165, 1.54) is 0 Å². The fourth-order valence-corrected chi connectivity index (χ4v) is 4.27. The molecule has 33 heavy (non-hydrogen) atoms. The summed E-state index contributed by atoms with van der Waals surface area (Å²) in [6.07, 6.45) is 0.693. The van der Waals surface area contributed by atoms with Crippen molar-refractivity contribution in [3.8, 4) is 28.4 Å². The largest absolute Gasteiger partial charge is 0.497 e. The van der Waals surface area contributed by atoms with Crippen molar-refractivity contribution >= 4 is 5.91 Å². The van der Waals surface area contributed by atoms with E-state index in [4.69, 9.17) is 14.7 Å². The highest BCUT2D eigenvalue weighted by molar-refractivity contribution is 5.95. The number of rotatable bonds is 4. The number of carbonyl (C=O) groups is 1. The third kappa shape index (κ3) is 4.10. The van der Waals surface area contributed by atoms with Gasteiger partial charge in [-0.1, -0.05) is 48.5 Å². The third-order valence-electron chi connectivity index (χ3n) is 6.12. The molecule has 0 saturated carbocycles. The lowest BCUT2D eigenvalue weighted by atomic mass is 9.97. The van der Waals surface area contributed by atoms with Gasteiger partial charge in [0.15, 0.2) is 5.82 Å². The summed E-state index contributed by atoms with van der Waals surface area (Å²) >= 11 is 0. The molecule has 0 atom stereocenters. The minimum Gasteiger partial charge on any atom is -0.497 e. The highest BCUT2D eigenvalue weighted by atomic mass is 16.5. The second-order valence-electron chi connectivity index (χ2n) is 8.21. The molecule has 0 fully saturated rings. The lowest BCUT2D eigenvalue weighted by molar-refractivity contribution is 0.0733. The van der Waals surface area contributed by atoms with Crippen molar-refractivity contribution in [2.24, 2.45) is 0 Å². The van der Waals surface area contributed by atoms with Gasteiger partial charge < -0.3 is 9.64 Å². The molecule has 0 radical (unpaired) electrons. The van der Waals surface area contributed by atoms with Crippen LogP contribution >= 0.6 is 0 Å². The van der Waals surface area contributed by atoms with E-state index < -0.39 is 0 Å². The van der Waals surface area contributed by atoms with E-state index in [2.05, 4.69) is 0 Å². The molecule has 1 amide bonds. The summed E-state index contributed by atoms with van der Waals surface area (Å²) in [5, 5.41) is 0. The zero-order valence-electron chi connectivity index (χ0n) is 18.8. The Hall–Kier alpha value is -3.99. The number of hydrogen-bond donors (Lipinski definition) is 0. The van der Waals surface area contributed by atoms with Crippen LogP contribution in [0.4, 0.5) is 0 Å². The zero-order chi connectivity index (χ0) is 22.8. The predicted octanol–water partition coefficient (Wildman–Crippen LogP) is 5.33. The van der Waals surface area contributed by atoms with Crippen molar-refractivity contribution in [2.45, 2.75) is 19.9 Å². The maximum atomic E-state index is 13.3. The van der Waals surface area contributed by atoms with Crippen LogP contribution in [0.5, 0.6) is 5.75 Å². The van der Waals surface area contributed by atoms with Crippen LogP contribution in [-0.4, -0.2) is 34.4 Å². The van der Waals surface area contributed by atoms with Gasteiger partial charge in [-0.05, 0) is 42.8 Å². The number of aromatic nitrogens is 2. The van der Waals surface area contributed by atoms with Crippen molar-refractivity contribution in [1.29, 1.82) is 0 Å². The van der Waals surface area contributed by atoms with E-state index in [0.29, 0.717) is 25.3 Å². The fourth-order valence-electron chi connectivity index (χ4n) is 4.27. The molecule has 164 valence electrons. The molecule has 4 aromatic rings. The van der Waals surface area contributed by atoms with Gasteiger partial charge in [0.1, 0.15) is 5.75 Å². The number of amides is 1. The average molecular weight is 436 g/mol. The summed E-state index contributed by atoms with van der Waals surface area (Å²) in [4.78, 5) is 25.1. The number of aryl methyl sites for hydroxylation is 1. The van der Waals surface area contributed by atoms with Gasteiger partial charge in [-0.15, -0.1) is 0 Å². The van der Waals surface area contributed by atoms with Gasteiger partial charge >= 0.3 is 0 Å². The SMILES string of the molecule is COc1ccc(-c2nc(-c3ccccc3)nc3c2CN(C(=O)c2ccccc2C)CC3)cc1. The van der Waals surface area contributed by atoms with Crippen LogP contribution in [-0.2, 0) is 13.0 Å². The van der Waals surface area contributed by atoms with Crippen LogP contribution in [0.15, 0.2) is 78.9 Å². The molecule has 0 saturated heterocycles. The van der Waals surface area contributed by atoms with Gasteiger partial charge in [0.25, 0.3) is 5.91 Å². The topological polar surface area (TPSA) is 55.3 Å². The van der Waals surface area contributed by atoms with E-state index >= 15 is 0 Å². The van der Waals surface area contributed by atoms with Crippen molar-refractivity contribution in [1.82, 2.24) is 14.9 Å². The Kier molecular flexibility index (Phi) is 5.61. The number of nitrogens with zero attached hydrogens (tertiary/aromatic N) is 3. The van der Waals surface area contributed by atoms with Crippen molar-refractivity contribution in [3.63, 3.8) is 0 Å². The van der Waals surface area contributed by atoms with Gasteiger partial charge in [-0.25, -0.2) is 9.97 Å². The molecule has 1 aliphatic rings. The summed E-state index contributed by atoms with van der Waals surface area (Å²) in [5.41, 5.74) is 6.57.